The molecule has 2 aliphatic rings. The average Bonchev–Trinajstić information content (AvgIpc) is 3.34. The van der Waals surface area contributed by atoms with Crippen LogP contribution in [-0.2, 0) is 22.7 Å². The van der Waals surface area contributed by atoms with E-state index in [4.69, 9.17) is 9.97 Å². The van der Waals surface area contributed by atoms with Crippen molar-refractivity contribution in [1.29, 1.82) is 0 Å². The summed E-state index contributed by atoms with van der Waals surface area (Å²) in [7, 11) is 0. The zero-order valence-corrected chi connectivity index (χ0v) is 27.6. The predicted molar refractivity (Wildman–Crippen MR) is 190 cm³/mol. The lowest BCUT2D eigenvalue weighted by Gasteiger charge is -2.39. The molecule has 2 aliphatic carbocycles. The highest BCUT2D eigenvalue weighted by molar-refractivity contribution is 5.86. The molecule has 0 unspecified atom stereocenters. The molecule has 0 fully saturated rings. The second-order valence-corrected chi connectivity index (χ2v) is 15.1. The Kier molecular flexibility index (Phi) is 6.28. The number of hydrogen-bond donors (Lipinski definition) is 0. The molecule has 0 radical (unpaired) electrons. The lowest BCUT2D eigenvalue weighted by Crippen LogP contribution is -2.34. The Hall–Kier alpha value is -4.82. The monoisotopic (exact) mass is 596 g/mol. The van der Waals surface area contributed by atoms with Crippen LogP contribution in [-0.4, -0.2) is 9.97 Å². The Labute approximate surface area is 273 Å². The molecule has 4 aromatic carbocycles. The lowest BCUT2D eigenvalue weighted by molar-refractivity contribution is 0.590. The molecule has 8 rings (SSSR count). The highest BCUT2D eigenvalue weighted by atomic mass is 14.8. The van der Waals surface area contributed by atoms with Crippen LogP contribution in [0.4, 0.5) is 0 Å². The van der Waals surface area contributed by atoms with E-state index in [1.54, 1.807) is 0 Å². The third-order valence-corrected chi connectivity index (χ3v) is 10.1. The third-order valence-electron chi connectivity index (χ3n) is 10.1. The van der Waals surface area contributed by atoms with E-state index < -0.39 is 5.41 Å². The molecule has 2 heterocycles. The lowest BCUT2D eigenvalue weighted by atomic mass is 9.62. The van der Waals surface area contributed by atoms with Crippen molar-refractivity contribution in [3.8, 4) is 33.9 Å². The summed E-state index contributed by atoms with van der Waals surface area (Å²) in [6, 6.07) is 44.8. The maximum Gasteiger partial charge on any atom is 0.0945 e. The van der Waals surface area contributed by atoms with E-state index in [9.17, 15) is 0 Å². The minimum Gasteiger partial charge on any atom is -0.246 e. The van der Waals surface area contributed by atoms with Crippen LogP contribution in [0.3, 0.4) is 0 Å². The quantitative estimate of drug-likeness (QED) is 0.198. The van der Waals surface area contributed by atoms with E-state index >= 15 is 0 Å². The van der Waals surface area contributed by atoms with Gasteiger partial charge in [-0.2, -0.15) is 0 Å². The number of nitrogens with zero attached hydrogens (tertiary/aromatic N) is 2. The molecular weight excluding hydrogens is 556 g/mol. The Bertz CT molecular complexity index is 1970. The van der Waals surface area contributed by atoms with E-state index in [0.717, 1.165) is 40.3 Å². The van der Waals surface area contributed by atoms with E-state index in [0.29, 0.717) is 0 Å². The van der Waals surface area contributed by atoms with Crippen molar-refractivity contribution >= 4 is 0 Å². The minimum absolute atomic E-state index is 0.0996. The zero-order chi connectivity index (χ0) is 31.8. The summed E-state index contributed by atoms with van der Waals surface area (Å²) in [4.78, 5) is 10.9. The highest BCUT2D eigenvalue weighted by Gasteiger charge is 2.51. The van der Waals surface area contributed by atoms with Gasteiger partial charge in [-0.15, -0.1) is 0 Å². The van der Waals surface area contributed by atoms with Crippen molar-refractivity contribution in [1.82, 2.24) is 9.97 Å². The van der Waals surface area contributed by atoms with Crippen LogP contribution in [0, 0.1) is 0 Å². The smallest absolute Gasteiger partial charge is 0.0945 e. The Morgan fingerprint density at radius 1 is 0.435 bits per heavy atom. The van der Waals surface area contributed by atoms with Gasteiger partial charge in [0.2, 0.25) is 0 Å². The second-order valence-electron chi connectivity index (χ2n) is 15.1. The number of rotatable bonds is 2. The largest absolute Gasteiger partial charge is 0.246 e. The third kappa shape index (κ3) is 4.31. The maximum atomic E-state index is 5.47. The molecule has 0 saturated heterocycles. The molecule has 0 aliphatic heterocycles. The maximum absolute atomic E-state index is 5.47. The van der Waals surface area contributed by atoms with Gasteiger partial charge in [-0.25, -0.2) is 9.97 Å². The Morgan fingerprint density at radius 2 is 0.826 bits per heavy atom. The molecule has 46 heavy (non-hydrogen) atoms. The average molecular weight is 597 g/mol. The topological polar surface area (TPSA) is 25.8 Å². The van der Waals surface area contributed by atoms with Gasteiger partial charge in [-0.3, -0.25) is 0 Å². The van der Waals surface area contributed by atoms with Gasteiger partial charge < -0.3 is 0 Å². The molecule has 0 atom stereocenters. The summed E-state index contributed by atoms with van der Waals surface area (Å²) >= 11 is 0. The predicted octanol–water partition coefficient (Wildman–Crippen LogP) is 10.7. The fourth-order valence-electron chi connectivity index (χ4n) is 7.64. The van der Waals surface area contributed by atoms with Crippen molar-refractivity contribution in [3.63, 3.8) is 0 Å². The van der Waals surface area contributed by atoms with Crippen LogP contribution >= 0.6 is 0 Å². The fourth-order valence-corrected chi connectivity index (χ4v) is 7.64. The Morgan fingerprint density at radius 3 is 1.22 bits per heavy atom. The standard InChI is InChI=1S/C44H40N2/c1-42(2,3)32-19-15-28(16-20-32)38-25-23-36-40(45-38)41-37(24-26-39(46-41)29-17-21-33(22-18-29)43(4,5)6)44(36)34-13-9-7-11-30(34)27-31-12-8-10-14-35(31)44/h7-26H,27H2,1-6H3. The zero-order valence-electron chi connectivity index (χ0n) is 27.6. The van der Waals surface area contributed by atoms with E-state index in [2.05, 4.69) is 163 Å². The van der Waals surface area contributed by atoms with Crippen molar-refractivity contribution in [2.45, 2.75) is 64.2 Å². The molecule has 226 valence electrons. The summed E-state index contributed by atoms with van der Waals surface area (Å²) in [5.41, 5.74) is 16.3. The van der Waals surface area contributed by atoms with Crippen LogP contribution < -0.4 is 0 Å². The van der Waals surface area contributed by atoms with Crippen molar-refractivity contribution in [3.05, 3.63) is 166 Å². The SMILES string of the molecule is CC(C)(C)c1ccc(-c2ccc3c(n2)-c2nc(-c4ccc(C(C)(C)C)cc4)ccc2C32c3ccccc3Cc3ccccc32)cc1. The molecular formula is C44H40N2. The van der Waals surface area contributed by atoms with E-state index in [1.165, 1.54) is 44.5 Å². The summed E-state index contributed by atoms with van der Waals surface area (Å²) in [6.07, 6.45) is 0.927. The molecule has 0 amide bonds. The van der Waals surface area contributed by atoms with Crippen LogP contribution in [0.1, 0.15) is 86.1 Å². The van der Waals surface area contributed by atoms with Crippen molar-refractivity contribution < 1.29 is 0 Å². The van der Waals surface area contributed by atoms with Gasteiger partial charge >= 0.3 is 0 Å². The Balaban J connectivity index is 1.38. The second kappa shape index (κ2) is 10.1. The highest BCUT2D eigenvalue weighted by Crippen LogP contribution is 2.58. The van der Waals surface area contributed by atoms with Gasteiger partial charge in [0, 0.05) is 11.1 Å². The minimum atomic E-state index is -0.473. The van der Waals surface area contributed by atoms with Gasteiger partial charge in [0.1, 0.15) is 0 Å². The van der Waals surface area contributed by atoms with Crippen LogP contribution in [0.5, 0.6) is 0 Å². The number of fused-ring (bicyclic) bond motifs is 9. The molecule has 2 nitrogen and oxygen atoms in total. The summed E-state index contributed by atoms with van der Waals surface area (Å²) in [5.74, 6) is 0. The van der Waals surface area contributed by atoms with E-state index in [1.807, 2.05) is 0 Å². The number of pyridine rings is 2. The van der Waals surface area contributed by atoms with Crippen LogP contribution in [0.25, 0.3) is 33.9 Å². The molecule has 2 aromatic heterocycles. The van der Waals surface area contributed by atoms with Gasteiger partial charge in [0.15, 0.2) is 0 Å². The molecule has 1 spiro atoms. The van der Waals surface area contributed by atoms with Gasteiger partial charge in [0.25, 0.3) is 0 Å². The first kappa shape index (κ1) is 28.6. The molecule has 6 aromatic rings. The summed E-state index contributed by atoms with van der Waals surface area (Å²) in [5, 5.41) is 0. The molecule has 2 heteroatoms. The van der Waals surface area contributed by atoms with Gasteiger partial charge in [-0.1, -0.05) is 151 Å². The fraction of sp³-hybridized carbons (Fsp3) is 0.227. The normalized spacial score (nSPS) is 14.4. The first-order valence-electron chi connectivity index (χ1n) is 16.5. The van der Waals surface area contributed by atoms with Crippen molar-refractivity contribution in [2.75, 3.05) is 0 Å². The van der Waals surface area contributed by atoms with Gasteiger partial charge in [0.05, 0.1) is 28.2 Å². The first-order valence-corrected chi connectivity index (χ1v) is 16.5. The molecule has 0 saturated carbocycles. The van der Waals surface area contributed by atoms with Crippen LogP contribution in [0.2, 0.25) is 0 Å². The van der Waals surface area contributed by atoms with Crippen molar-refractivity contribution in [2.24, 2.45) is 0 Å². The van der Waals surface area contributed by atoms with Crippen LogP contribution in [0.15, 0.2) is 121 Å². The molecule has 0 bridgehead atoms. The first-order chi connectivity index (χ1) is 22.0. The summed E-state index contributed by atoms with van der Waals surface area (Å²) < 4.78 is 0. The van der Waals surface area contributed by atoms with E-state index in [-0.39, 0.29) is 10.8 Å². The molecule has 0 N–H and O–H groups in total. The number of aromatic nitrogens is 2. The number of hydrogen-bond acceptors (Lipinski definition) is 2. The van der Waals surface area contributed by atoms with Gasteiger partial charge in [-0.05, 0) is 73.9 Å². The number of benzene rings is 4. The summed E-state index contributed by atoms with van der Waals surface area (Å²) in [6.45, 7) is 13.5.